The van der Waals surface area contributed by atoms with Crippen LogP contribution in [-0.2, 0) is 11.3 Å². The third kappa shape index (κ3) is 3.58. The van der Waals surface area contributed by atoms with Gasteiger partial charge in [0.25, 0.3) is 0 Å². The first-order valence-corrected chi connectivity index (χ1v) is 8.02. The number of likely N-dealkylation sites (N-methyl/N-ethyl adjacent to an activating group) is 1. The second-order valence-corrected chi connectivity index (χ2v) is 6.50. The summed E-state index contributed by atoms with van der Waals surface area (Å²) in [6.45, 7) is 4.54. The fraction of sp³-hybridized carbons (Fsp3) is 0.471. The summed E-state index contributed by atoms with van der Waals surface area (Å²) in [4.78, 5) is 9.14. The Labute approximate surface area is 136 Å². The Bertz CT molecular complexity index is 647. The van der Waals surface area contributed by atoms with Crippen LogP contribution in [0.5, 0.6) is 0 Å². The topological polar surface area (TPSA) is 28.6 Å². The Morgan fingerprint density at radius 1 is 1.36 bits per heavy atom. The van der Waals surface area contributed by atoms with Crippen LogP contribution in [0, 0.1) is 0 Å². The number of hydrogen-bond acceptors (Lipinski definition) is 4. The normalized spacial score (nSPS) is 19.9. The molecule has 0 aliphatic carbocycles. The molecule has 0 amide bonds. The summed E-state index contributed by atoms with van der Waals surface area (Å²) < 4.78 is 5.84. The number of pyridine rings is 1. The van der Waals surface area contributed by atoms with Crippen LogP contribution in [-0.4, -0.2) is 61.2 Å². The van der Waals surface area contributed by atoms with Crippen LogP contribution in [0.1, 0.15) is 5.56 Å². The molecule has 2 aromatic rings. The van der Waals surface area contributed by atoms with Gasteiger partial charge in [0.15, 0.2) is 0 Å². The van der Waals surface area contributed by atoms with Gasteiger partial charge in [-0.3, -0.25) is 9.88 Å². The van der Waals surface area contributed by atoms with Crippen LogP contribution < -0.4 is 0 Å². The van der Waals surface area contributed by atoms with E-state index in [2.05, 4.69) is 34.9 Å². The summed E-state index contributed by atoms with van der Waals surface area (Å²) in [5.41, 5.74) is 2.23. The molecule has 1 unspecified atom stereocenters. The molecule has 1 fully saturated rings. The second-order valence-electron chi connectivity index (χ2n) is 6.10. The van der Waals surface area contributed by atoms with Crippen molar-refractivity contribution in [1.82, 2.24) is 14.8 Å². The van der Waals surface area contributed by atoms with Gasteiger partial charge < -0.3 is 9.64 Å². The van der Waals surface area contributed by atoms with E-state index >= 15 is 0 Å². The third-order valence-electron chi connectivity index (χ3n) is 3.99. The number of morpholine rings is 1. The SMILES string of the molecule is CN(C)CC1CN(Cc2ccc(Cl)c3cccnc23)CCO1. The van der Waals surface area contributed by atoms with E-state index in [0.29, 0.717) is 0 Å². The zero-order valence-corrected chi connectivity index (χ0v) is 13.9. The molecule has 1 aliphatic rings. The zero-order chi connectivity index (χ0) is 15.5. The Balaban J connectivity index is 1.77. The highest BCUT2D eigenvalue weighted by Gasteiger charge is 2.21. The van der Waals surface area contributed by atoms with Crippen LogP contribution in [0.2, 0.25) is 5.02 Å². The van der Waals surface area contributed by atoms with Crippen molar-refractivity contribution in [2.24, 2.45) is 0 Å². The van der Waals surface area contributed by atoms with Gasteiger partial charge in [0.1, 0.15) is 0 Å². The van der Waals surface area contributed by atoms with E-state index < -0.39 is 0 Å². The predicted octanol–water partition coefficient (Wildman–Crippen LogP) is 2.65. The summed E-state index contributed by atoms with van der Waals surface area (Å²) in [7, 11) is 4.16. The number of aromatic nitrogens is 1. The average Bonchev–Trinajstić information content (AvgIpc) is 2.50. The molecular formula is C17H22ClN3O. The molecule has 1 aromatic carbocycles. The molecule has 0 bridgehead atoms. The standard InChI is InChI=1S/C17H22ClN3O/c1-20(2)11-14-12-21(8-9-22-14)10-13-5-6-16(18)15-4-3-7-19-17(13)15/h3-7,14H,8-12H2,1-2H3. The van der Waals surface area contributed by atoms with E-state index in [1.54, 1.807) is 0 Å². The van der Waals surface area contributed by atoms with Crippen LogP contribution >= 0.6 is 11.6 Å². The fourth-order valence-electron chi connectivity index (χ4n) is 3.01. The lowest BCUT2D eigenvalue weighted by Gasteiger charge is -2.34. The monoisotopic (exact) mass is 319 g/mol. The number of rotatable bonds is 4. The van der Waals surface area contributed by atoms with E-state index in [1.807, 2.05) is 24.4 Å². The van der Waals surface area contributed by atoms with Crippen LogP contribution in [0.25, 0.3) is 10.9 Å². The lowest BCUT2D eigenvalue weighted by molar-refractivity contribution is -0.0405. The molecular weight excluding hydrogens is 298 g/mol. The van der Waals surface area contributed by atoms with Crippen molar-refractivity contribution < 1.29 is 4.74 Å². The van der Waals surface area contributed by atoms with E-state index in [9.17, 15) is 0 Å². The number of benzene rings is 1. The molecule has 2 heterocycles. The van der Waals surface area contributed by atoms with Gasteiger partial charge in [-0.1, -0.05) is 17.7 Å². The molecule has 1 saturated heterocycles. The van der Waals surface area contributed by atoms with Gasteiger partial charge in [0.2, 0.25) is 0 Å². The molecule has 1 atom stereocenters. The molecule has 1 aromatic heterocycles. The molecule has 1 aliphatic heterocycles. The van der Waals surface area contributed by atoms with E-state index in [1.165, 1.54) is 5.56 Å². The Hall–Kier alpha value is -1.20. The summed E-state index contributed by atoms with van der Waals surface area (Å²) in [5.74, 6) is 0. The van der Waals surface area contributed by atoms with Crippen molar-refractivity contribution in [3.63, 3.8) is 0 Å². The maximum atomic E-state index is 6.27. The zero-order valence-electron chi connectivity index (χ0n) is 13.1. The van der Waals surface area contributed by atoms with Crippen molar-refractivity contribution >= 4 is 22.5 Å². The summed E-state index contributed by atoms with van der Waals surface area (Å²) in [6, 6.07) is 8.02. The van der Waals surface area contributed by atoms with Crippen LogP contribution in [0.3, 0.4) is 0 Å². The smallest absolute Gasteiger partial charge is 0.0829 e. The second kappa shape index (κ2) is 6.92. The minimum absolute atomic E-state index is 0.273. The summed E-state index contributed by atoms with van der Waals surface area (Å²) in [5, 5.41) is 1.79. The number of fused-ring (bicyclic) bond motifs is 1. The van der Waals surface area contributed by atoms with Gasteiger partial charge in [0, 0.05) is 42.8 Å². The molecule has 4 nitrogen and oxygen atoms in total. The number of hydrogen-bond donors (Lipinski definition) is 0. The first kappa shape index (κ1) is 15.7. The maximum Gasteiger partial charge on any atom is 0.0829 e. The van der Waals surface area contributed by atoms with Crippen molar-refractivity contribution in [3.8, 4) is 0 Å². The van der Waals surface area contributed by atoms with Crippen molar-refractivity contribution in [3.05, 3.63) is 41.0 Å². The van der Waals surface area contributed by atoms with E-state index in [-0.39, 0.29) is 6.10 Å². The minimum Gasteiger partial charge on any atom is -0.374 e. The number of nitrogens with zero attached hydrogens (tertiary/aromatic N) is 3. The Kier molecular flexibility index (Phi) is 4.93. The molecule has 0 saturated carbocycles. The van der Waals surface area contributed by atoms with Gasteiger partial charge in [-0.2, -0.15) is 0 Å². The largest absolute Gasteiger partial charge is 0.374 e. The highest BCUT2D eigenvalue weighted by Crippen LogP contribution is 2.26. The lowest BCUT2D eigenvalue weighted by atomic mass is 10.1. The molecule has 118 valence electrons. The number of ether oxygens (including phenoxy) is 1. The first-order chi connectivity index (χ1) is 10.6. The highest BCUT2D eigenvalue weighted by molar-refractivity contribution is 6.35. The van der Waals surface area contributed by atoms with Crippen LogP contribution in [0.4, 0.5) is 0 Å². The molecule has 0 spiro atoms. The quantitative estimate of drug-likeness (QED) is 0.866. The van der Waals surface area contributed by atoms with Crippen molar-refractivity contribution in [2.45, 2.75) is 12.6 Å². The predicted molar refractivity (Wildman–Crippen MR) is 90.3 cm³/mol. The molecule has 5 heteroatoms. The lowest BCUT2D eigenvalue weighted by Crippen LogP contribution is -2.45. The Morgan fingerprint density at radius 3 is 3.05 bits per heavy atom. The summed E-state index contributed by atoms with van der Waals surface area (Å²) in [6.07, 6.45) is 2.10. The summed E-state index contributed by atoms with van der Waals surface area (Å²) >= 11 is 6.27. The van der Waals surface area contributed by atoms with Gasteiger partial charge in [0.05, 0.1) is 18.2 Å². The van der Waals surface area contributed by atoms with Gasteiger partial charge in [-0.15, -0.1) is 0 Å². The van der Waals surface area contributed by atoms with Gasteiger partial charge in [-0.25, -0.2) is 0 Å². The van der Waals surface area contributed by atoms with Crippen molar-refractivity contribution in [2.75, 3.05) is 40.3 Å². The third-order valence-corrected chi connectivity index (χ3v) is 4.32. The molecule has 22 heavy (non-hydrogen) atoms. The highest BCUT2D eigenvalue weighted by atomic mass is 35.5. The average molecular weight is 320 g/mol. The van der Waals surface area contributed by atoms with Crippen molar-refractivity contribution in [1.29, 1.82) is 0 Å². The minimum atomic E-state index is 0.273. The molecule has 3 rings (SSSR count). The van der Waals surface area contributed by atoms with Gasteiger partial charge >= 0.3 is 0 Å². The molecule has 0 radical (unpaired) electrons. The molecule has 0 N–H and O–H groups in total. The Morgan fingerprint density at radius 2 is 2.23 bits per heavy atom. The van der Waals surface area contributed by atoms with E-state index in [0.717, 1.165) is 48.7 Å². The first-order valence-electron chi connectivity index (χ1n) is 7.64. The maximum absolute atomic E-state index is 6.27. The van der Waals surface area contributed by atoms with E-state index in [4.69, 9.17) is 16.3 Å². The number of halogens is 1. The fourth-order valence-corrected chi connectivity index (χ4v) is 3.22. The van der Waals surface area contributed by atoms with Gasteiger partial charge in [-0.05, 0) is 37.9 Å². The van der Waals surface area contributed by atoms with Crippen LogP contribution in [0.15, 0.2) is 30.5 Å².